The van der Waals surface area contributed by atoms with Gasteiger partial charge in [-0.25, -0.2) is 4.79 Å². The van der Waals surface area contributed by atoms with Crippen LogP contribution >= 0.6 is 0 Å². The Morgan fingerprint density at radius 1 is 1.44 bits per heavy atom. The van der Waals surface area contributed by atoms with Gasteiger partial charge in [-0.2, -0.15) is 0 Å². The molecule has 0 heterocycles. The summed E-state index contributed by atoms with van der Waals surface area (Å²) in [7, 11) is 0. The third-order valence-electron chi connectivity index (χ3n) is 2.23. The lowest BCUT2D eigenvalue weighted by atomic mass is 10.1. The normalized spacial score (nSPS) is 12.4. The number of hydrogen-bond donors (Lipinski definition) is 0. The quantitative estimate of drug-likeness (QED) is 0.350. The van der Waals surface area contributed by atoms with E-state index in [1.54, 1.807) is 25.1 Å². The van der Waals surface area contributed by atoms with Gasteiger partial charge in [0.05, 0.1) is 11.6 Å². The fraction of sp³-hybridized carbons (Fsp3) is 0.462. The second-order valence-corrected chi connectivity index (χ2v) is 5.01. The number of nitrogens with zero attached hydrogens (tertiary/aromatic N) is 3. The van der Waals surface area contributed by atoms with Crippen LogP contribution in [0.3, 0.4) is 0 Å². The van der Waals surface area contributed by atoms with Crippen LogP contribution < -0.4 is 0 Å². The summed E-state index contributed by atoms with van der Waals surface area (Å²) in [6, 6.07) is 6.62. The Labute approximate surface area is 106 Å². The average Bonchev–Trinajstić information content (AvgIpc) is 2.27. The summed E-state index contributed by atoms with van der Waals surface area (Å²) in [6.45, 7) is 7.22. The topological polar surface area (TPSA) is 75.1 Å². The molecule has 96 valence electrons. The van der Waals surface area contributed by atoms with Gasteiger partial charge in [-0.15, -0.1) is 0 Å². The molecule has 5 nitrogen and oxygen atoms in total. The summed E-state index contributed by atoms with van der Waals surface area (Å²) in [6.07, 6.45) is 0. The number of azide groups is 1. The largest absolute Gasteiger partial charge is 0.456 e. The predicted molar refractivity (Wildman–Crippen MR) is 69.2 cm³/mol. The van der Waals surface area contributed by atoms with E-state index in [-0.39, 0.29) is 12.0 Å². The maximum Gasteiger partial charge on any atom is 0.338 e. The minimum Gasteiger partial charge on any atom is -0.456 e. The Kier molecular flexibility index (Phi) is 4.34. The van der Waals surface area contributed by atoms with Crippen LogP contribution in [0.15, 0.2) is 29.4 Å². The molecule has 18 heavy (non-hydrogen) atoms. The standard InChI is InChI=1S/C13H17N3O2/c1-9(15-16-14)10-6-5-7-11(8-10)12(17)18-13(2,3)4/h5-9H,1-4H3/t9-/m0/s1. The minimum atomic E-state index is -0.524. The lowest BCUT2D eigenvalue weighted by Gasteiger charge is -2.19. The Hall–Kier alpha value is -2.00. The van der Waals surface area contributed by atoms with Gasteiger partial charge < -0.3 is 4.74 Å². The third kappa shape index (κ3) is 4.11. The highest BCUT2D eigenvalue weighted by Crippen LogP contribution is 2.19. The van der Waals surface area contributed by atoms with Crippen molar-refractivity contribution in [3.05, 3.63) is 45.8 Å². The lowest BCUT2D eigenvalue weighted by molar-refractivity contribution is 0.00694. The smallest absolute Gasteiger partial charge is 0.338 e. The first-order valence-corrected chi connectivity index (χ1v) is 5.71. The first kappa shape index (κ1) is 14.1. The van der Waals surface area contributed by atoms with Gasteiger partial charge >= 0.3 is 5.97 Å². The van der Waals surface area contributed by atoms with Gasteiger partial charge in [0.1, 0.15) is 5.60 Å². The molecule has 0 saturated heterocycles. The van der Waals surface area contributed by atoms with Crippen LogP contribution in [-0.2, 0) is 4.74 Å². The summed E-state index contributed by atoms with van der Waals surface area (Å²) < 4.78 is 5.28. The molecule has 0 aliphatic heterocycles. The molecule has 0 bridgehead atoms. The van der Waals surface area contributed by atoms with E-state index < -0.39 is 5.60 Å². The molecule has 0 aliphatic rings. The second kappa shape index (κ2) is 5.56. The molecule has 1 aromatic rings. The van der Waals surface area contributed by atoms with Crippen molar-refractivity contribution < 1.29 is 9.53 Å². The Bertz CT molecular complexity index is 485. The molecule has 1 atom stereocenters. The van der Waals surface area contributed by atoms with E-state index >= 15 is 0 Å². The molecule has 0 radical (unpaired) electrons. The molecule has 0 saturated carbocycles. The molecule has 0 N–H and O–H groups in total. The molecule has 0 aromatic heterocycles. The number of esters is 1. The zero-order valence-electron chi connectivity index (χ0n) is 11.0. The van der Waals surface area contributed by atoms with E-state index in [1.807, 2.05) is 26.8 Å². The minimum absolute atomic E-state index is 0.308. The van der Waals surface area contributed by atoms with Crippen LogP contribution in [0.2, 0.25) is 0 Å². The fourth-order valence-corrected chi connectivity index (χ4v) is 1.41. The molecular formula is C13H17N3O2. The van der Waals surface area contributed by atoms with Crippen LogP contribution in [0, 0.1) is 0 Å². The maximum absolute atomic E-state index is 11.9. The predicted octanol–water partition coefficient (Wildman–Crippen LogP) is 4.01. The lowest BCUT2D eigenvalue weighted by Crippen LogP contribution is -2.23. The molecule has 5 heteroatoms. The van der Waals surface area contributed by atoms with E-state index in [0.717, 1.165) is 5.56 Å². The highest BCUT2D eigenvalue weighted by atomic mass is 16.6. The number of carbonyl (C=O) groups excluding carboxylic acids is 1. The summed E-state index contributed by atoms with van der Waals surface area (Å²) >= 11 is 0. The number of carbonyl (C=O) groups is 1. The molecule has 0 fully saturated rings. The van der Waals surface area contributed by atoms with Crippen molar-refractivity contribution in [2.75, 3.05) is 0 Å². The molecule has 1 aromatic carbocycles. The zero-order valence-corrected chi connectivity index (χ0v) is 11.0. The maximum atomic E-state index is 11.9. The van der Waals surface area contributed by atoms with Gasteiger partial charge in [-0.1, -0.05) is 24.2 Å². The zero-order chi connectivity index (χ0) is 13.8. The van der Waals surface area contributed by atoms with Crippen molar-refractivity contribution in [3.63, 3.8) is 0 Å². The van der Waals surface area contributed by atoms with Crippen molar-refractivity contribution in [1.82, 2.24) is 0 Å². The highest BCUT2D eigenvalue weighted by molar-refractivity contribution is 5.89. The summed E-state index contributed by atoms with van der Waals surface area (Å²) in [5.74, 6) is -0.377. The van der Waals surface area contributed by atoms with Gasteiger partial charge in [0.15, 0.2) is 0 Å². The van der Waals surface area contributed by atoms with Crippen LogP contribution in [-0.4, -0.2) is 11.6 Å². The van der Waals surface area contributed by atoms with E-state index in [2.05, 4.69) is 10.0 Å². The van der Waals surface area contributed by atoms with Crippen LogP contribution in [0.25, 0.3) is 10.4 Å². The summed E-state index contributed by atoms with van der Waals surface area (Å²) in [5, 5.41) is 3.60. The van der Waals surface area contributed by atoms with Gasteiger partial charge in [0.2, 0.25) is 0 Å². The van der Waals surface area contributed by atoms with Crippen LogP contribution in [0.1, 0.15) is 49.7 Å². The van der Waals surface area contributed by atoms with Crippen molar-refractivity contribution in [3.8, 4) is 0 Å². The van der Waals surface area contributed by atoms with E-state index in [0.29, 0.717) is 5.56 Å². The average molecular weight is 247 g/mol. The molecular weight excluding hydrogens is 230 g/mol. The van der Waals surface area contributed by atoms with Gasteiger partial charge in [-0.05, 0) is 44.0 Å². The van der Waals surface area contributed by atoms with E-state index in [9.17, 15) is 4.79 Å². The SMILES string of the molecule is C[C@H](N=[N+]=[N-])c1cccc(C(=O)OC(C)(C)C)c1. The third-order valence-corrected chi connectivity index (χ3v) is 2.23. The number of ether oxygens (including phenoxy) is 1. The molecule has 1 rings (SSSR count). The summed E-state index contributed by atoms with van der Waals surface area (Å²) in [5.41, 5.74) is 9.12. The van der Waals surface area contributed by atoms with Crippen molar-refractivity contribution in [2.45, 2.75) is 39.3 Å². The van der Waals surface area contributed by atoms with E-state index in [1.165, 1.54) is 0 Å². The second-order valence-electron chi connectivity index (χ2n) is 5.01. The Balaban J connectivity index is 2.95. The van der Waals surface area contributed by atoms with Crippen molar-refractivity contribution in [1.29, 1.82) is 0 Å². The first-order valence-electron chi connectivity index (χ1n) is 5.71. The van der Waals surface area contributed by atoms with Gasteiger partial charge in [-0.3, -0.25) is 0 Å². The van der Waals surface area contributed by atoms with E-state index in [4.69, 9.17) is 10.3 Å². The number of hydrogen-bond acceptors (Lipinski definition) is 3. The fourth-order valence-electron chi connectivity index (χ4n) is 1.41. The Morgan fingerprint density at radius 3 is 2.67 bits per heavy atom. The van der Waals surface area contributed by atoms with Crippen LogP contribution in [0.4, 0.5) is 0 Å². The number of rotatable bonds is 3. The van der Waals surface area contributed by atoms with Gasteiger partial charge in [0, 0.05) is 4.91 Å². The first-order chi connectivity index (χ1) is 8.33. The van der Waals surface area contributed by atoms with Crippen molar-refractivity contribution in [2.24, 2.45) is 5.11 Å². The molecule has 0 amide bonds. The number of benzene rings is 1. The molecule has 0 spiro atoms. The highest BCUT2D eigenvalue weighted by Gasteiger charge is 2.18. The Morgan fingerprint density at radius 2 is 2.11 bits per heavy atom. The van der Waals surface area contributed by atoms with Crippen molar-refractivity contribution >= 4 is 5.97 Å². The molecule has 0 aliphatic carbocycles. The van der Waals surface area contributed by atoms with Crippen LogP contribution in [0.5, 0.6) is 0 Å². The molecule has 0 unspecified atom stereocenters. The monoisotopic (exact) mass is 247 g/mol. The summed E-state index contributed by atoms with van der Waals surface area (Å²) in [4.78, 5) is 14.6. The van der Waals surface area contributed by atoms with Gasteiger partial charge in [0.25, 0.3) is 0 Å².